The van der Waals surface area contributed by atoms with E-state index in [-0.39, 0.29) is 11.8 Å². The predicted molar refractivity (Wildman–Crippen MR) is 43.2 cm³/mol. The van der Waals surface area contributed by atoms with Crippen molar-refractivity contribution in [2.75, 3.05) is 0 Å². The van der Waals surface area contributed by atoms with Crippen LogP contribution in [0.2, 0.25) is 0 Å². The summed E-state index contributed by atoms with van der Waals surface area (Å²) in [6.07, 6.45) is 4.24. The summed E-state index contributed by atoms with van der Waals surface area (Å²) in [5.74, 6) is -0.340. The highest BCUT2D eigenvalue weighted by molar-refractivity contribution is 5.76. The lowest BCUT2D eigenvalue weighted by atomic mass is 10.0. The van der Waals surface area contributed by atoms with Crippen LogP contribution in [0.15, 0.2) is 0 Å². The van der Waals surface area contributed by atoms with Gasteiger partial charge in [0.25, 0.3) is 0 Å². The fourth-order valence-electron chi connectivity index (χ4n) is 0.942. The monoisotopic (exact) mass is 159 g/mol. The maximum Gasteiger partial charge on any atom is 0.246 e. The lowest BCUT2D eigenvalue weighted by Crippen LogP contribution is -2.25. The summed E-state index contributed by atoms with van der Waals surface area (Å²) in [7, 11) is 0. The van der Waals surface area contributed by atoms with Gasteiger partial charge in [-0.05, 0) is 6.42 Å². The normalized spacial score (nSPS) is 12.6. The largest absolute Gasteiger partial charge is 0.289 e. The van der Waals surface area contributed by atoms with Crippen LogP contribution in [0.25, 0.3) is 0 Å². The van der Waals surface area contributed by atoms with E-state index in [1.165, 1.54) is 0 Å². The molecule has 0 aromatic heterocycles. The number of unbranched alkanes of at least 4 members (excludes halogenated alkanes) is 2. The quantitative estimate of drug-likeness (QED) is 0.364. The van der Waals surface area contributed by atoms with Crippen LogP contribution >= 0.6 is 0 Å². The van der Waals surface area contributed by atoms with Crippen LogP contribution < -0.4 is 5.48 Å². The van der Waals surface area contributed by atoms with E-state index in [2.05, 4.69) is 6.92 Å². The fraction of sp³-hybridized carbons (Fsp3) is 0.875. The summed E-state index contributed by atoms with van der Waals surface area (Å²) in [6.45, 7) is 3.94. The first kappa shape index (κ1) is 10.4. The molecule has 0 heterocycles. The van der Waals surface area contributed by atoms with Gasteiger partial charge >= 0.3 is 0 Å². The Hall–Kier alpha value is -0.570. The Bertz CT molecular complexity index is 115. The summed E-state index contributed by atoms with van der Waals surface area (Å²) in [5.41, 5.74) is 1.65. The molecule has 0 rings (SSSR count). The third kappa shape index (κ3) is 4.79. The van der Waals surface area contributed by atoms with E-state index >= 15 is 0 Å². The van der Waals surface area contributed by atoms with Crippen molar-refractivity contribution in [3.63, 3.8) is 0 Å². The zero-order chi connectivity index (χ0) is 8.69. The smallest absolute Gasteiger partial charge is 0.246 e. The van der Waals surface area contributed by atoms with Crippen LogP contribution in [0.3, 0.4) is 0 Å². The van der Waals surface area contributed by atoms with Crippen molar-refractivity contribution in [3.05, 3.63) is 0 Å². The van der Waals surface area contributed by atoms with Gasteiger partial charge in [-0.2, -0.15) is 0 Å². The van der Waals surface area contributed by atoms with Gasteiger partial charge in [0.15, 0.2) is 0 Å². The highest BCUT2D eigenvalue weighted by atomic mass is 16.5. The zero-order valence-electron chi connectivity index (χ0n) is 7.26. The fourth-order valence-corrected chi connectivity index (χ4v) is 0.942. The topological polar surface area (TPSA) is 49.3 Å². The molecule has 0 aromatic carbocycles. The molecule has 11 heavy (non-hydrogen) atoms. The molecule has 0 bridgehead atoms. The van der Waals surface area contributed by atoms with E-state index in [1.54, 1.807) is 5.48 Å². The molecule has 0 fully saturated rings. The van der Waals surface area contributed by atoms with Gasteiger partial charge in [0, 0.05) is 5.92 Å². The molecular formula is C8H17NO2. The van der Waals surface area contributed by atoms with E-state index in [4.69, 9.17) is 5.21 Å². The Morgan fingerprint density at radius 1 is 1.55 bits per heavy atom. The SMILES string of the molecule is CCCCCC(C)C(=O)NO. The Balaban J connectivity index is 3.36. The van der Waals surface area contributed by atoms with E-state index in [0.717, 1.165) is 25.7 Å². The third-order valence-electron chi connectivity index (χ3n) is 1.80. The lowest BCUT2D eigenvalue weighted by molar-refractivity contribution is -0.133. The highest BCUT2D eigenvalue weighted by Gasteiger charge is 2.09. The highest BCUT2D eigenvalue weighted by Crippen LogP contribution is 2.08. The maximum absolute atomic E-state index is 10.7. The van der Waals surface area contributed by atoms with Crippen LogP contribution in [0.5, 0.6) is 0 Å². The summed E-state index contributed by atoms with van der Waals surface area (Å²) in [5, 5.41) is 8.26. The molecule has 0 saturated heterocycles. The molecule has 0 aliphatic carbocycles. The summed E-state index contributed by atoms with van der Waals surface area (Å²) in [4.78, 5) is 10.7. The molecule has 3 nitrogen and oxygen atoms in total. The van der Waals surface area contributed by atoms with Crippen molar-refractivity contribution in [1.82, 2.24) is 5.48 Å². The maximum atomic E-state index is 10.7. The van der Waals surface area contributed by atoms with Crippen molar-refractivity contribution >= 4 is 5.91 Å². The standard InChI is InChI=1S/C8H17NO2/c1-3-4-5-6-7(2)8(10)9-11/h7,11H,3-6H2,1-2H3,(H,9,10). The first-order valence-corrected chi connectivity index (χ1v) is 4.16. The Morgan fingerprint density at radius 2 is 2.18 bits per heavy atom. The van der Waals surface area contributed by atoms with E-state index < -0.39 is 0 Å². The summed E-state index contributed by atoms with van der Waals surface area (Å²) in [6, 6.07) is 0. The molecule has 0 radical (unpaired) electrons. The molecule has 0 aromatic rings. The minimum atomic E-state index is -0.277. The molecule has 0 saturated carbocycles. The number of carbonyl (C=O) groups is 1. The van der Waals surface area contributed by atoms with E-state index in [9.17, 15) is 4.79 Å². The van der Waals surface area contributed by atoms with Crippen LogP contribution in [-0.4, -0.2) is 11.1 Å². The van der Waals surface area contributed by atoms with Gasteiger partial charge in [0.2, 0.25) is 5.91 Å². The second-order valence-corrected chi connectivity index (χ2v) is 2.87. The first-order valence-electron chi connectivity index (χ1n) is 4.16. The van der Waals surface area contributed by atoms with Crippen LogP contribution in [0, 0.1) is 5.92 Å². The lowest BCUT2D eigenvalue weighted by Gasteiger charge is -2.07. The number of carbonyl (C=O) groups excluding carboxylic acids is 1. The molecule has 0 aliphatic rings. The molecule has 0 aliphatic heterocycles. The Labute approximate surface area is 67.8 Å². The van der Waals surface area contributed by atoms with Crippen LogP contribution in [-0.2, 0) is 4.79 Å². The first-order chi connectivity index (χ1) is 5.22. The minimum Gasteiger partial charge on any atom is -0.289 e. The third-order valence-corrected chi connectivity index (χ3v) is 1.80. The van der Waals surface area contributed by atoms with Gasteiger partial charge in [0.05, 0.1) is 0 Å². The Kier molecular flexibility index (Phi) is 5.84. The number of hydrogen-bond acceptors (Lipinski definition) is 2. The van der Waals surface area contributed by atoms with Gasteiger partial charge in [-0.25, -0.2) is 5.48 Å². The second kappa shape index (κ2) is 6.16. The van der Waals surface area contributed by atoms with E-state index in [0.29, 0.717) is 0 Å². The Morgan fingerprint density at radius 3 is 2.64 bits per heavy atom. The van der Waals surface area contributed by atoms with Gasteiger partial charge in [-0.3, -0.25) is 10.0 Å². The van der Waals surface area contributed by atoms with Crippen molar-refractivity contribution in [2.24, 2.45) is 5.92 Å². The van der Waals surface area contributed by atoms with Crippen LogP contribution in [0.1, 0.15) is 39.5 Å². The van der Waals surface area contributed by atoms with Gasteiger partial charge in [0.1, 0.15) is 0 Å². The number of hydroxylamine groups is 1. The van der Waals surface area contributed by atoms with Crippen molar-refractivity contribution < 1.29 is 10.0 Å². The number of amides is 1. The average Bonchev–Trinajstić information content (AvgIpc) is 2.03. The van der Waals surface area contributed by atoms with Gasteiger partial charge in [-0.1, -0.05) is 33.1 Å². The summed E-state index contributed by atoms with van der Waals surface area (Å²) >= 11 is 0. The zero-order valence-corrected chi connectivity index (χ0v) is 7.26. The van der Waals surface area contributed by atoms with Crippen molar-refractivity contribution in [1.29, 1.82) is 0 Å². The van der Waals surface area contributed by atoms with Crippen molar-refractivity contribution in [2.45, 2.75) is 39.5 Å². The molecule has 1 amide bonds. The molecule has 1 atom stereocenters. The molecule has 66 valence electrons. The molecule has 3 heteroatoms. The average molecular weight is 159 g/mol. The molecule has 0 spiro atoms. The predicted octanol–water partition coefficient (Wildman–Crippen LogP) is 1.71. The van der Waals surface area contributed by atoms with Crippen molar-refractivity contribution in [3.8, 4) is 0 Å². The minimum absolute atomic E-state index is 0.0634. The van der Waals surface area contributed by atoms with Crippen LogP contribution in [0.4, 0.5) is 0 Å². The number of nitrogens with one attached hydrogen (secondary N) is 1. The molecular weight excluding hydrogens is 142 g/mol. The van der Waals surface area contributed by atoms with E-state index in [1.807, 2.05) is 6.92 Å². The van der Waals surface area contributed by atoms with Gasteiger partial charge < -0.3 is 0 Å². The number of rotatable bonds is 5. The molecule has 1 unspecified atom stereocenters. The number of hydrogen-bond donors (Lipinski definition) is 2. The second-order valence-electron chi connectivity index (χ2n) is 2.87. The van der Waals surface area contributed by atoms with Gasteiger partial charge in [-0.15, -0.1) is 0 Å². The molecule has 2 N–H and O–H groups in total. The summed E-state index contributed by atoms with van der Waals surface area (Å²) < 4.78 is 0.